The zero-order valence-corrected chi connectivity index (χ0v) is 11.8. The van der Waals surface area contributed by atoms with E-state index in [1.165, 1.54) is 38.5 Å². The van der Waals surface area contributed by atoms with Crippen molar-refractivity contribution in [3.05, 3.63) is 29.6 Å². The van der Waals surface area contributed by atoms with E-state index in [2.05, 4.69) is 9.88 Å². The van der Waals surface area contributed by atoms with E-state index in [-0.39, 0.29) is 5.69 Å². The van der Waals surface area contributed by atoms with Gasteiger partial charge in [0.2, 0.25) is 0 Å². The van der Waals surface area contributed by atoms with Crippen molar-refractivity contribution < 1.29 is 9.90 Å². The Bertz CT molecular complexity index is 487. The molecule has 1 aliphatic carbocycles. The summed E-state index contributed by atoms with van der Waals surface area (Å²) in [5.74, 6) is -0.0970. The van der Waals surface area contributed by atoms with E-state index in [0.717, 1.165) is 24.6 Å². The largest absolute Gasteiger partial charge is 0.477 e. The third kappa shape index (κ3) is 2.70. The van der Waals surface area contributed by atoms with Gasteiger partial charge in [-0.05, 0) is 49.8 Å². The molecule has 0 unspecified atom stereocenters. The van der Waals surface area contributed by atoms with Crippen LogP contribution in [-0.2, 0) is 6.54 Å². The minimum Gasteiger partial charge on any atom is -0.477 e. The number of hydrogen-bond acceptors (Lipinski definition) is 3. The lowest BCUT2D eigenvalue weighted by Gasteiger charge is -2.44. The molecule has 1 saturated carbocycles. The molecule has 2 atom stereocenters. The third-order valence-corrected chi connectivity index (χ3v) is 4.83. The van der Waals surface area contributed by atoms with Gasteiger partial charge in [-0.3, -0.25) is 4.90 Å². The van der Waals surface area contributed by atoms with Crippen LogP contribution in [0.15, 0.2) is 18.3 Å². The molecule has 0 aromatic carbocycles. The Morgan fingerprint density at radius 3 is 2.95 bits per heavy atom. The number of aromatic carboxylic acids is 1. The van der Waals surface area contributed by atoms with Crippen molar-refractivity contribution in [2.24, 2.45) is 5.92 Å². The van der Waals surface area contributed by atoms with Crippen molar-refractivity contribution in [2.75, 3.05) is 6.54 Å². The molecular formula is C16H22N2O2. The lowest BCUT2D eigenvalue weighted by atomic mass is 9.78. The van der Waals surface area contributed by atoms with Crippen LogP contribution in [0.2, 0.25) is 0 Å². The van der Waals surface area contributed by atoms with Gasteiger partial charge in [-0.1, -0.05) is 18.9 Å². The molecule has 1 aliphatic heterocycles. The van der Waals surface area contributed by atoms with Crippen LogP contribution in [-0.4, -0.2) is 33.5 Å². The Labute approximate surface area is 119 Å². The van der Waals surface area contributed by atoms with Crippen molar-refractivity contribution in [3.8, 4) is 0 Å². The predicted molar refractivity (Wildman–Crippen MR) is 76.6 cm³/mol. The fourth-order valence-electron chi connectivity index (χ4n) is 3.90. The van der Waals surface area contributed by atoms with E-state index < -0.39 is 5.97 Å². The molecular weight excluding hydrogens is 252 g/mol. The first-order valence-electron chi connectivity index (χ1n) is 7.67. The van der Waals surface area contributed by atoms with Crippen LogP contribution in [0.5, 0.6) is 0 Å². The summed E-state index contributed by atoms with van der Waals surface area (Å²) in [4.78, 5) is 17.8. The van der Waals surface area contributed by atoms with Gasteiger partial charge in [0.05, 0.1) is 0 Å². The first kappa shape index (κ1) is 13.6. The topological polar surface area (TPSA) is 53.4 Å². The van der Waals surface area contributed by atoms with Crippen LogP contribution in [0.1, 0.15) is 54.6 Å². The maximum absolute atomic E-state index is 11.3. The standard InChI is InChI=1S/C16H22N2O2/c19-16(20)15-13(6-3-9-17-15)11-18-10-4-7-12-5-1-2-8-14(12)18/h3,6,9,12,14H,1-2,4-5,7-8,10-11H2,(H,19,20)/t12-,14-/m1/s1. The summed E-state index contributed by atoms with van der Waals surface area (Å²) in [6, 6.07) is 4.40. The molecule has 3 rings (SSSR count). The lowest BCUT2D eigenvalue weighted by molar-refractivity contribution is 0.0533. The Morgan fingerprint density at radius 2 is 2.10 bits per heavy atom. The Balaban J connectivity index is 1.78. The van der Waals surface area contributed by atoms with Gasteiger partial charge in [-0.15, -0.1) is 0 Å². The third-order valence-electron chi connectivity index (χ3n) is 4.83. The molecule has 4 nitrogen and oxygen atoms in total. The number of likely N-dealkylation sites (tertiary alicyclic amines) is 1. The number of pyridine rings is 1. The van der Waals surface area contributed by atoms with Crippen molar-refractivity contribution in [2.45, 2.75) is 51.1 Å². The van der Waals surface area contributed by atoms with Crippen LogP contribution in [0, 0.1) is 5.92 Å². The van der Waals surface area contributed by atoms with E-state index in [1.807, 2.05) is 12.1 Å². The molecule has 1 aromatic rings. The quantitative estimate of drug-likeness (QED) is 0.920. The minimum absolute atomic E-state index is 0.213. The smallest absolute Gasteiger partial charge is 0.354 e. The fraction of sp³-hybridized carbons (Fsp3) is 0.625. The number of carbonyl (C=O) groups is 1. The second-order valence-corrected chi connectivity index (χ2v) is 6.04. The van der Waals surface area contributed by atoms with Gasteiger partial charge < -0.3 is 5.11 Å². The molecule has 0 spiro atoms. The molecule has 0 bridgehead atoms. The van der Waals surface area contributed by atoms with Crippen molar-refractivity contribution >= 4 is 5.97 Å². The lowest BCUT2D eigenvalue weighted by Crippen LogP contribution is -2.46. The molecule has 1 N–H and O–H groups in total. The van der Waals surface area contributed by atoms with E-state index in [9.17, 15) is 9.90 Å². The molecule has 1 aromatic heterocycles. The maximum Gasteiger partial charge on any atom is 0.354 e. The highest BCUT2D eigenvalue weighted by Crippen LogP contribution is 2.36. The number of piperidine rings is 1. The normalized spacial score (nSPS) is 27.0. The molecule has 2 fully saturated rings. The number of fused-ring (bicyclic) bond motifs is 1. The molecule has 2 aliphatic rings. The Hall–Kier alpha value is -1.42. The summed E-state index contributed by atoms with van der Waals surface area (Å²) < 4.78 is 0. The van der Waals surface area contributed by atoms with E-state index >= 15 is 0 Å². The molecule has 2 heterocycles. The highest BCUT2D eigenvalue weighted by Gasteiger charge is 2.33. The van der Waals surface area contributed by atoms with Crippen molar-refractivity contribution in [1.29, 1.82) is 0 Å². The summed E-state index contributed by atoms with van der Waals surface area (Å²) in [6.45, 7) is 1.83. The zero-order valence-electron chi connectivity index (χ0n) is 11.8. The first-order valence-corrected chi connectivity index (χ1v) is 7.67. The number of nitrogens with zero attached hydrogens (tertiary/aromatic N) is 2. The highest BCUT2D eigenvalue weighted by molar-refractivity contribution is 5.86. The predicted octanol–water partition coefficient (Wildman–Crippen LogP) is 2.93. The van der Waals surface area contributed by atoms with Crippen LogP contribution in [0.25, 0.3) is 0 Å². The summed E-state index contributed by atoms with van der Waals surface area (Å²) in [5.41, 5.74) is 1.07. The highest BCUT2D eigenvalue weighted by atomic mass is 16.4. The van der Waals surface area contributed by atoms with Crippen molar-refractivity contribution in [3.63, 3.8) is 0 Å². The molecule has 20 heavy (non-hydrogen) atoms. The number of rotatable bonds is 3. The fourth-order valence-corrected chi connectivity index (χ4v) is 3.90. The first-order chi connectivity index (χ1) is 9.75. The number of carboxylic acids is 1. The van der Waals surface area contributed by atoms with Crippen LogP contribution < -0.4 is 0 Å². The number of carboxylic acid groups (broad SMARTS) is 1. The van der Waals surface area contributed by atoms with E-state index in [0.29, 0.717) is 6.04 Å². The SMILES string of the molecule is O=C(O)c1ncccc1CN1CCC[C@H]2CCCC[C@H]21. The van der Waals surface area contributed by atoms with Gasteiger partial charge in [0, 0.05) is 18.8 Å². The monoisotopic (exact) mass is 274 g/mol. The molecule has 108 valence electrons. The van der Waals surface area contributed by atoms with E-state index in [4.69, 9.17) is 0 Å². The van der Waals surface area contributed by atoms with Gasteiger partial charge in [0.25, 0.3) is 0 Å². The zero-order chi connectivity index (χ0) is 13.9. The molecule has 1 saturated heterocycles. The van der Waals surface area contributed by atoms with Crippen LogP contribution in [0.3, 0.4) is 0 Å². The van der Waals surface area contributed by atoms with Crippen LogP contribution in [0.4, 0.5) is 0 Å². The van der Waals surface area contributed by atoms with Gasteiger partial charge in [0.1, 0.15) is 0 Å². The van der Waals surface area contributed by atoms with Gasteiger partial charge >= 0.3 is 5.97 Å². The van der Waals surface area contributed by atoms with Gasteiger partial charge in [-0.25, -0.2) is 9.78 Å². The number of aromatic nitrogens is 1. The second-order valence-electron chi connectivity index (χ2n) is 6.04. The molecule has 4 heteroatoms. The van der Waals surface area contributed by atoms with Crippen LogP contribution >= 0.6 is 0 Å². The average Bonchev–Trinajstić information content (AvgIpc) is 2.48. The molecule has 0 radical (unpaired) electrons. The second kappa shape index (κ2) is 5.92. The minimum atomic E-state index is -0.919. The summed E-state index contributed by atoms with van der Waals surface area (Å²) in [6.07, 6.45) is 9.45. The summed E-state index contributed by atoms with van der Waals surface area (Å²) >= 11 is 0. The van der Waals surface area contributed by atoms with Crippen molar-refractivity contribution in [1.82, 2.24) is 9.88 Å². The number of hydrogen-bond donors (Lipinski definition) is 1. The van der Waals surface area contributed by atoms with Gasteiger partial charge in [-0.2, -0.15) is 0 Å². The van der Waals surface area contributed by atoms with Gasteiger partial charge in [0.15, 0.2) is 5.69 Å². The molecule has 0 amide bonds. The van der Waals surface area contributed by atoms with E-state index in [1.54, 1.807) is 6.20 Å². The average molecular weight is 274 g/mol. The Kier molecular flexibility index (Phi) is 4.01. The Morgan fingerprint density at radius 1 is 1.30 bits per heavy atom. The maximum atomic E-state index is 11.3. The summed E-state index contributed by atoms with van der Waals surface area (Å²) in [7, 11) is 0. The summed E-state index contributed by atoms with van der Waals surface area (Å²) in [5, 5.41) is 9.25.